The number of aliphatic hydroxyl groups is 1. The van der Waals surface area contributed by atoms with E-state index in [0.29, 0.717) is 6.42 Å². The third-order valence-electron chi connectivity index (χ3n) is 2.87. The van der Waals surface area contributed by atoms with Gasteiger partial charge in [-0.2, -0.15) is 0 Å². The first-order valence-electron chi connectivity index (χ1n) is 5.74. The molecule has 1 aromatic carbocycles. The van der Waals surface area contributed by atoms with Crippen LogP contribution in [0.2, 0.25) is 0 Å². The van der Waals surface area contributed by atoms with Gasteiger partial charge in [-0.05, 0) is 24.6 Å². The van der Waals surface area contributed by atoms with Crippen molar-refractivity contribution in [2.45, 2.75) is 13.3 Å². The quantitative estimate of drug-likeness (QED) is 0.923. The number of aliphatic hydroxyl groups excluding tert-OH is 1. The highest BCUT2D eigenvalue weighted by atomic mass is 32.1. The van der Waals surface area contributed by atoms with E-state index in [1.807, 2.05) is 24.4 Å². The van der Waals surface area contributed by atoms with Crippen LogP contribution in [0, 0.1) is 6.92 Å². The summed E-state index contributed by atoms with van der Waals surface area (Å²) in [4.78, 5) is 4.52. The fraction of sp³-hybridized carbons (Fsp3) is 0.308. The molecule has 0 unspecified atom stereocenters. The summed E-state index contributed by atoms with van der Waals surface area (Å²) >= 11 is 1.57. The molecule has 0 atom stereocenters. The van der Waals surface area contributed by atoms with Gasteiger partial charge in [0.25, 0.3) is 0 Å². The zero-order valence-electron chi connectivity index (χ0n) is 9.97. The van der Waals surface area contributed by atoms with Crippen LogP contribution >= 0.6 is 11.3 Å². The molecule has 2 heterocycles. The van der Waals surface area contributed by atoms with E-state index in [1.165, 1.54) is 0 Å². The summed E-state index contributed by atoms with van der Waals surface area (Å²) in [6, 6.07) is 3.94. The van der Waals surface area contributed by atoms with Gasteiger partial charge in [0.2, 0.25) is 6.79 Å². The van der Waals surface area contributed by atoms with Gasteiger partial charge in [-0.25, -0.2) is 4.98 Å². The highest BCUT2D eigenvalue weighted by molar-refractivity contribution is 7.09. The van der Waals surface area contributed by atoms with Crippen LogP contribution in [-0.4, -0.2) is 23.5 Å². The summed E-state index contributed by atoms with van der Waals surface area (Å²) in [5.74, 6) is 1.56. The van der Waals surface area contributed by atoms with Gasteiger partial charge < -0.3 is 14.6 Å². The summed E-state index contributed by atoms with van der Waals surface area (Å²) in [5, 5.41) is 11.9. The monoisotopic (exact) mass is 263 g/mol. The minimum absolute atomic E-state index is 0.132. The molecule has 1 aromatic heterocycles. The molecule has 0 radical (unpaired) electrons. The van der Waals surface area contributed by atoms with Crippen molar-refractivity contribution in [2.24, 2.45) is 0 Å². The van der Waals surface area contributed by atoms with E-state index in [2.05, 4.69) is 4.98 Å². The lowest BCUT2D eigenvalue weighted by Gasteiger charge is -2.04. The Morgan fingerprint density at radius 3 is 2.89 bits per heavy atom. The van der Waals surface area contributed by atoms with Crippen molar-refractivity contribution >= 4 is 11.3 Å². The third kappa shape index (κ3) is 1.95. The van der Waals surface area contributed by atoms with Crippen LogP contribution in [0.5, 0.6) is 11.5 Å². The molecule has 1 aliphatic rings. The third-order valence-corrected chi connectivity index (χ3v) is 3.78. The number of hydrogen-bond donors (Lipinski definition) is 1. The molecule has 0 amide bonds. The molecule has 18 heavy (non-hydrogen) atoms. The summed E-state index contributed by atoms with van der Waals surface area (Å²) < 4.78 is 10.7. The fourth-order valence-electron chi connectivity index (χ4n) is 1.96. The fourth-order valence-corrected chi connectivity index (χ4v) is 2.75. The Hall–Kier alpha value is -1.59. The van der Waals surface area contributed by atoms with Gasteiger partial charge in [0.1, 0.15) is 0 Å². The van der Waals surface area contributed by atoms with Crippen LogP contribution in [0.4, 0.5) is 0 Å². The maximum Gasteiger partial charge on any atom is 0.231 e. The van der Waals surface area contributed by atoms with Gasteiger partial charge in [0, 0.05) is 24.0 Å². The van der Waals surface area contributed by atoms with Gasteiger partial charge in [0.15, 0.2) is 11.5 Å². The predicted octanol–water partition coefficient (Wildman–Crippen LogP) is 2.38. The first-order chi connectivity index (χ1) is 8.78. The maximum atomic E-state index is 8.91. The van der Waals surface area contributed by atoms with E-state index in [0.717, 1.165) is 33.3 Å². The van der Waals surface area contributed by atoms with Gasteiger partial charge in [0.05, 0.1) is 10.7 Å². The van der Waals surface area contributed by atoms with Crippen molar-refractivity contribution in [1.82, 2.24) is 4.98 Å². The first-order valence-corrected chi connectivity index (χ1v) is 6.62. The summed E-state index contributed by atoms with van der Waals surface area (Å²) in [7, 11) is 0. The van der Waals surface area contributed by atoms with Crippen LogP contribution in [0.15, 0.2) is 17.5 Å². The molecule has 0 saturated heterocycles. The zero-order valence-corrected chi connectivity index (χ0v) is 10.8. The number of hydrogen-bond acceptors (Lipinski definition) is 5. The summed E-state index contributed by atoms with van der Waals surface area (Å²) in [5.41, 5.74) is 3.10. The van der Waals surface area contributed by atoms with E-state index < -0.39 is 0 Å². The Bertz CT molecular complexity index is 580. The molecule has 2 aromatic rings. The zero-order chi connectivity index (χ0) is 12.5. The van der Waals surface area contributed by atoms with Gasteiger partial charge >= 0.3 is 0 Å². The number of thiazole rings is 1. The van der Waals surface area contributed by atoms with Crippen molar-refractivity contribution in [3.05, 3.63) is 28.1 Å². The maximum absolute atomic E-state index is 8.91. The van der Waals surface area contributed by atoms with Gasteiger partial charge in [-0.15, -0.1) is 11.3 Å². The van der Waals surface area contributed by atoms with Crippen LogP contribution in [0.3, 0.4) is 0 Å². The van der Waals surface area contributed by atoms with Crippen molar-refractivity contribution in [3.63, 3.8) is 0 Å². The van der Waals surface area contributed by atoms with E-state index in [-0.39, 0.29) is 13.4 Å². The number of rotatable bonds is 3. The predicted molar refractivity (Wildman–Crippen MR) is 69.2 cm³/mol. The first kappa shape index (κ1) is 11.5. The van der Waals surface area contributed by atoms with Crippen molar-refractivity contribution < 1.29 is 14.6 Å². The Balaban J connectivity index is 2.00. The van der Waals surface area contributed by atoms with Crippen LogP contribution in [0.1, 0.15) is 10.6 Å². The van der Waals surface area contributed by atoms with E-state index in [1.54, 1.807) is 11.3 Å². The molecule has 1 N–H and O–H groups in total. The molecular formula is C13H13NO3S. The van der Waals surface area contributed by atoms with Crippen LogP contribution < -0.4 is 9.47 Å². The number of ether oxygens (including phenoxy) is 2. The normalized spacial score (nSPS) is 13.0. The average Bonchev–Trinajstić information content (AvgIpc) is 2.96. The number of aromatic nitrogens is 1. The van der Waals surface area contributed by atoms with Crippen molar-refractivity contribution in [3.8, 4) is 22.8 Å². The standard InChI is InChI=1S/C13H13NO3S/c1-8-4-11-12(17-7-16-11)5-9(8)10-6-18-13(14-10)2-3-15/h4-6,15H,2-3,7H2,1H3. The number of benzene rings is 1. The molecule has 0 fully saturated rings. The second-order valence-electron chi connectivity index (χ2n) is 4.12. The van der Waals surface area contributed by atoms with Gasteiger partial charge in [-0.3, -0.25) is 0 Å². The topological polar surface area (TPSA) is 51.6 Å². The second kappa shape index (κ2) is 4.59. The molecule has 3 rings (SSSR count). The summed E-state index contributed by atoms with van der Waals surface area (Å²) in [6.45, 7) is 2.44. The molecule has 0 bridgehead atoms. The lowest BCUT2D eigenvalue weighted by atomic mass is 10.1. The molecule has 0 saturated carbocycles. The SMILES string of the molecule is Cc1cc2c(cc1-c1csc(CCO)n1)OCO2. The Kier molecular flexibility index (Phi) is 2.93. The molecule has 1 aliphatic heterocycles. The van der Waals surface area contributed by atoms with Gasteiger partial charge in [-0.1, -0.05) is 0 Å². The highest BCUT2D eigenvalue weighted by Crippen LogP contribution is 2.38. The van der Waals surface area contributed by atoms with E-state index in [4.69, 9.17) is 14.6 Å². The van der Waals surface area contributed by atoms with Crippen molar-refractivity contribution in [2.75, 3.05) is 13.4 Å². The summed E-state index contributed by atoms with van der Waals surface area (Å²) in [6.07, 6.45) is 0.605. The molecule has 94 valence electrons. The largest absolute Gasteiger partial charge is 0.454 e. The Labute approximate surface area is 109 Å². The van der Waals surface area contributed by atoms with Crippen molar-refractivity contribution in [1.29, 1.82) is 0 Å². The molecule has 4 nitrogen and oxygen atoms in total. The number of fused-ring (bicyclic) bond motifs is 1. The Morgan fingerprint density at radius 2 is 2.11 bits per heavy atom. The molecule has 0 aliphatic carbocycles. The van der Waals surface area contributed by atoms with E-state index in [9.17, 15) is 0 Å². The second-order valence-corrected chi connectivity index (χ2v) is 5.06. The van der Waals surface area contributed by atoms with E-state index >= 15 is 0 Å². The average molecular weight is 263 g/mol. The lowest BCUT2D eigenvalue weighted by Crippen LogP contribution is -1.92. The highest BCUT2D eigenvalue weighted by Gasteiger charge is 2.17. The number of aryl methyl sites for hydroxylation is 1. The lowest BCUT2D eigenvalue weighted by molar-refractivity contribution is 0.174. The van der Waals surface area contributed by atoms with Crippen LogP contribution in [-0.2, 0) is 6.42 Å². The molecular weight excluding hydrogens is 250 g/mol. The molecule has 0 spiro atoms. The Morgan fingerprint density at radius 1 is 1.33 bits per heavy atom. The number of nitrogens with zero attached hydrogens (tertiary/aromatic N) is 1. The minimum atomic E-state index is 0.132. The van der Waals surface area contributed by atoms with Crippen LogP contribution in [0.25, 0.3) is 11.3 Å². The molecule has 5 heteroatoms. The minimum Gasteiger partial charge on any atom is -0.454 e. The smallest absolute Gasteiger partial charge is 0.231 e.